The van der Waals surface area contributed by atoms with E-state index >= 15 is 0 Å². The molecule has 2 heterocycles. The minimum atomic E-state index is -0.548. The third-order valence-electron chi connectivity index (χ3n) is 5.41. The molecule has 172 valence electrons. The molecular formula is C24H37N3O4. The summed E-state index contributed by atoms with van der Waals surface area (Å²) in [4.78, 5) is 4.46. The van der Waals surface area contributed by atoms with Gasteiger partial charge < -0.3 is 24.0 Å². The second-order valence-corrected chi connectivity index (χ2v) is 8.89. The highest BCUT2D eigenvalue weighted by Crippen LogP contribution is 2.33. The number of rotatable bonds is 11. The van der Waals surface area contributed by atoms with Crippen LogP contribution in [-0.2, 0) is 16.0 Å². The van der Waals surface area contributed by atoms with E-state index in [-0.39, 0.29) is 6.04 Å². The monoisotopic (exact) mass is 431 g/mol. The van der Waals surface area contributed by atoms with E-state index < -0.39 is 6.10 Å². The average Bonchev–Trinajstić information content (AvgIpc) is 3.17. The first kappa shape index (κ1) is 23.7. The van der Waals surface area contributed by atoms with Crippen LogP contribution in [0.2, 0.25) is 0 Å². The zero-order chi connectivity index (χ0) is 22.2. The second-order valence-electron chi connectivity index (χ2n) is 8.89. The molecule has 1 aliphatic heterocycles. The number of anilines is 1. The van der Waals surface area contributed by atoms with Crippen molar-refractivity contribution in [3.8, 4) is 11.3 Å². The van der Waals surface area contributed by atoms with Gasteiger partial charge in [-0.2, -0.15) is 0 Å². The summed E-state index contributed by atoms with van der Waals surface area (Å²) in [7, 11) is 0. The molecule has 2 aromatic rings. The summed E-state index contributed by atoms with van der Waals surface area (Å²) >= 11 is 0. The van der Waals surface area contributed by atoms with Gasteiger partial charge in [-0.1, -0.05) is 49.3 Å². The summed E-state index contributed by atoms with van der Waals surface area (Å²) in [5, 5.41) is 15.0. The second kappa shape index (κ2) is 11.6. The largest absolute Gasteiger partial charge is 0.389 e. The molecular weight excluding hydrogens is 394 g/mol. The van der Waals surface area contributed by atoms with Crippen LogP contribution in [0.4, 0.5) is 5.88 Å². The molecule has 0 bridgehead atoms. The van der Waals surface area contributed by atoms with E-state index in [1.54, 1.807) is 0 Å². The molecule has 1 aliphatic rings. The number of aliphatic hydroxyl groups is 1. The van der Waals surface area contributed by atoms with Crippen molar-refractivity contribution in [2.24, 2.45) is 5.92 Å². The molecule has 0 amide bonds. The summed E-state index contributed by atoms with van der Waals surface area (Å²) in [6.45, 7) is 13.6. The Kier molecular flexibility index (Phi) is 8.90. The van der Waals surface area contributed by atoms with Gasteiger partial charge in [0.25, 0.3) is 0 Å². The van der Waals surface area contributed by atoms with Crippen LogP contribution in [-0.4, -0.2) is 73.4 Å². The van der Waals surface area contributed by atoms with Gasteiger partial charge in [0, 0.05) is 44.4 Å². The Morgan fingerprint density at radius 3 is 2.45 bits per heavy atom. The lowest BCUT2D eigenvalue weighted by molar-refractivity contribution is 0.00175. The number of benzene rings is 1. The predicted octanol–water partition coefficient (Wildman–Crippen LogP) is 3.42. The van der Waals surface area contributed by atoms with Crippen molar-refractivity contribution in [3.63, 3.8) is 0 Å². The Balaban J connectivity index is 1.81. The van der Waals surface area contributed by atoms with E-state index in [1.807, 2.05) is 18.2 Å². The quantitative estimate of drug-likeness (QED) is 0.584. The van der Waals surface area contributed by atoms with Crippen LogP contribution in [0.15, 0.2) is 34.9 Å². The average molecular weight is 432 g/mol. The van der Waals surface area contributed by atoms with Gasteiger partial charge in [0.1, 0.15) is 5.69 Å². The number of aliphatic hydroxyl groups excluding tert-OH is 1. The lowest BCUT2D eigenvalue weighted by Crippen LogP contribution is -2.40. The van der Waals surface area contributed by atoms with Crippen molar-refractivity contribution in [1.82, 2.24) is 10.1 Å². The summed E-state index contributed by atoms with van der Waals surface area (Å²) < 4.78 is 17.0. The number of hydrogen-bond donors (Lipinski definition) is 1. The lowest BCUT2D eigenvalue weighted by Gasteiger charge is -2.31. The highest BCUT2D eigenvalue weighted by Gasteiger charge is 2.27. The number of ether oxygens (including phenoxy) is 2. The van der Waals surface area contributed by atoms with Crippen LogP contribution in [0.3, 0.4) is 0 Å². The smallest absolute Gasteiger partial charge is 0.232 e. The van der Waals surface area contributed by atoms with Gasteiger partial charge in [-0.3, -0.25) is 4.90 Å². The molecule has 1 unspecified atom stereocenters. The number of aromatic nitrogens is 1. The minimum Gasteiger partial charge on any atom is -0.389 e. The van der Waals surface area contributed by atoms with Gasteiger partial charge in [-0.15, -0.1) is 0 Å². The maximum atomic E-state index is 10.6. The van der Waals surface area contributed by atoms with E-state index in [0.717, 1.165) is 35.8 Å². The Hall–Kier alpha value is -1.93. The van der Waals surface area contributed by atoms with Crippen LogP contribution in [0.1, 0.15) is 33.3 Å². The molecule has 7 nitrogen and oxygen atoms in total. The Morgan fingerprint density at radius 2 is 1.81 bits per heavy atom. The summed E-state index contributed by atoms with van der Waals surface area (Å²) in [6.07, 6.45) is -0.548. The lowest BCUT2D eigenvalue weighted by atomic mass is 10.1. The number of morpholine rings is 1. The molecule has 31 heavy (non-hydrogen) atoms. The van der Waals surface area contributed by atoms with Crippen molar-refractivity contribution in [2.75, 3.05) is 51.0 Å². The maximum Gasteiger partial charge on any atom is 0.232 e. The molecule has 1 saturated heterocycles. The Bertz CT molecular complexity index is 772. The van der Waals surface area contributed by atoms with Crippen molar-refractivity contribution < 1.29 is 19.1 Å². The van der Waals surface area contributed by atoms with Crippen molar-refractivity contribution in [2.45, 2.75) is 46.4 Å². The zero-order valence-electron chi connectivity index (χ0n) is 19.3. The van der Waals surface area contributed by atoms with Crippen LogP contribution < -0.4 is 4.90 Å². The van der Waals surface area contributed by atoms with E-state index in [9.17, 15) is 5.11 Å². The molecule has 0 radical (unpaired) electrons. The molecule has 0 saturated carbocycles. The first-order valence-corrected chi connectivity index (χ1v) is 11.3. The number of nitrogens with zero attached hydrogens (tertiary/aromatic N) is 3. The zero-order valence-corrected chi connectivity index (χ0v) is 19.3. The van der Waals surface area contributed by atoms with Crippen LogP contribution >= 0.6 is 0 Å². The normalized spacial score (nSPS) is 15.9. The van der Waals surface area contributed by atoms with Gasteiger partial charge >= 0.3 is 0 Å². The fraction of sp³-hybridized carbons (Fsp3) is 0.625. The van der Waals surface area contributed by atoms with E-state index in [1.165, 1.54) is 0 Å². The van der Waals surface area contributed by atoms with E-state index in [2.05, 4.69) is 54.8 Å². The molecule has 1 N–H and O–H groups in total. The predicted molar refractivity (Wildman–Crippen MR) is 122 cm³/mol. The first-order valence-electron chi connectivity index (χ1n) is 11.3. The minimum absolute atomic E-state index is 0.246. The van der Waals surface area contributed by atoms with Crippen molar-refractivity contribution in [1.29, 1.82) is 0 Å². The van der Waals surface area contributed by atoms with E-state index in [4.69, 9.17) is 14.0 Å². The molecule has 1 aromatic heterocycles. The highest BCUT2D eigenvalue weighted by atomic mass is 16.5. The fourth-order valence-corrected chi connectivity index (χ4v) is 3.71. The molecule has 0 spiro atoms. The topological polar surface area (TPSA) is 71.2 Å². The number of hydrogen-bond acceptors (Lipinski definition) is 7. The molecule has 1 atom stereocenters. The molecule has 7 heteroatoms. The van der Waals surface area contributed by atoms with Gasteiger partial charge in [-0.05, 0) is 19.8 Å². The van der Waals surface area contributed by atoms with Gasteiger partial charge in [0.15, 0.2) is 0 Å². The summed E-state index contributed by atoms with van der Waals surface area (Å²) in [6, 6.07) is 10.4. The van der Waals surface area contributed by atoms with Crippen LogP contribution in [0, 0.1) is 5.92 Å². The van der Waals surface area contributed by atoms with Gasteiger partial charge in [0.05, 0.1) is 31.5 Å². The van der Waals surface area contributed by atoms with Gasteiger partial charge in [0.2, 0.25) is 5.88 Å². The van der Waals surface area contributed by atoms with E-state index in [0.29, 0.717) is 45.4 Å². The maximum absolute atomic E-state index is 10.6. The molecule has 1 fully saturated rings. The summed E-state index contributed by atoms with van der Waals surface area (Å²) in [5.41, 5.74) is 2.95. The SMILES string of the molecule is CC(C)COCC(O)CN(Cc1c(-c2ccccc2)noc1N1CCOCC1)C(C)C. The van der Waals surface area contributed by atoms with Crippen molar-refractivity contribution in [3.05, 3.63) is 35.9 Å². The third-order valence-corrected chi connectivity index (χ3v) is 5.41. The molecule has 1 aromatic carbocycles. The fourth-order valence-electron chi connectivity index (χ4n) is 3.71. The highest BCUT2D eigenvalue weighted by molar-refractivity contribution is 5.68. The summed E-state index contributed by atoms with van der Waals surface area (Å²) in [5.74, 6) is 1.26. The Morgan fingerprint density at radius 1 is 1.10 bits per heavy atom. The van der Waals surface area contributed by atoms with Crippen LogP contribution in [0.25, 0.3) is 11.3 Å². The molecule has 3 rings (SSSR count). The van der Waals surface area contributed by atoms with Crippen LogP contribution in [0.5, 0.6) is 0 Å². The van der Waals surface area contributed by atoms with Crippen molar-refractivity contribution >= 4 is 5.88 Å². The van der Waals surface area contributed by atoms with Gasteiger partial charge in [-0.25, -0.2) is 0 Å². The Labute approximate surface area is 185 Å². The first-order chi connectivity index (χ1) is 15.0. The third kappa shape index (κ3) is 6.77. The standard InChI is InChI=1S/C24H37N3O4/c1-18(2)16-30-17-21(28)14-27(19(3)4)15-22-23(20-8-6-5-7-9-20)25-31-24(22)26-10-12-29-13-11-26/h5-9,18-19,21,28H,10-17H2,1-4H3. The molecule has 0 aliphatic carbocycles.